The van der Waals surface area contributed by atoms with Crippen LogP contribution < -0.4 is 14.4 Å². The summed E-state index contributed by atoms with van der Waals surface area (Å²) in [5.41, 5.74) is 0.477. The maximum atomic E-state index is 12.9. The third-order valence-corrected chi connectivity index (χ3v) is 4.73. The molecule has 1 aromatic carbocycles. The summed E-state index contributed by atoms with van der Waals surface area (Å²) >= 11 is 0. The molecule has 2 fully saturated rings. The molecule has 1 atom stereocenters. The number of piperazine rings is 1. The lowest BCUT2D eigenvalue weighted by molar-refractivity contribution is -0.123. The van der Waals surface area contributed by atoms with Crippen molar-refractivity contribution in [2.75, 3.05) is 52.3 Å². The molecule has 7 heteroatoms. The zero-order valence-electron chi connectivity index (χ0n) is 14.3. The molecule has 24 heavy (non-hydrogen) atoms. The fourth-order valence-corrected chi connectivity index (χ4v) is 3.26. The molecule has 0 saturated carbocycles. The third kappa shape index (κ3) is 2.97. The number of amides is 2. The van der Waals surface area contributed by atoms with Gasteiger partial charge in [-0.25, -0.2) is 4.90 Å². The lowest BCUT2D eigenvalue weighted by Crippen LogP contribution is -2.51. The van der Waals surface area contributed by atoms with Gasteiger partial charge in [0.15, 0.2) is 0 Å². The second kappa shape index (κ2) is 6.78. The fraction of sp³-hybridized carbons (Fsp3) is 0.529. The highest BCUT2D eigenvalue weighted by Gasteiger charge is 2.44. The van der Waals surface area contributed by atoms with Gasteiger partial charge < -0.3 is 14.4 Å². The van der Waals surface area contributed by atoms with E-state index in [1.54, 1.807) is 25.3 Å². The Hall–Kier alpha value is -2.12. The molecule has 0 N–H and O–H groups in total. The minimum atomic E-state index is -0.377. The number of methoxy groups -OCH3 is 2. The molecule has 130 valence electrons. The zero-order valence-corrected chi connectivity index (χ0v) is 14.3. The van der Waals surface area contributed by atoms with Crippen molar-refractivity contribution in [1.29, 1.82) is 0 Å². The van der Waals surface area contributed by atoms with Gasteiger partial charge in [0.1, 0.15) is 11.5 Å². The molecule has 1 aromatic rings. The van der Waals surface area contributed by atoms with Crippen LogP contribution in [0.4, 0.5) is 5.69 Å². The number of likely N-dealkylation sites (N-methyl/N-ethyl adjacent to an activating group) is 1. The Balaban J connectivity index is 1.84. The van der Waals surface area contributed by atoms with Gasteiger partial charge in [-0.15, -0.1) is 0 Å². The van der Waals surface area contributed by atoms with Crippen molar-refractivity contribution in [3.05, 3.63) is 18.2 Å². The second-order valence-electron chi connectivity index (χ2n) is 6.16. The number of carbonyl (C=O) groups excluding carboxylic acids is 2. The van der Waals surface area contributed by atoms with Gasteiger partial charge in [0.25, 0.3) is 5.91 Å². The van der Waals surface area contributed by atoms with E-state index in [4.69, 9.17) is 9.47 Å². The Morgan fingerprint density at radius 2 is 1.75 bits per heavy atom. The van der Waals surface area contributed by atoms with Crippen LogP contribution in [0.1, 0.15) is 6.42 Å². The van der Waals surface area contributed by atoms with Crippen LogP contribution in [-0.2, 0) is 9.59 Å². The van der Waals surface area contributed by atoms with Crippen molar-refractivity contribution in [3.63, 3.8) is 0 Å². The Kier molecular flexibility index (Phi) is 4.73. The Labute approximate surface area is 141 Å². The van der Waals surface area contributed by atoms with Crippen LogP contribution in [0.25, 0.3) is 0 Å². The third-order valence-electron chi connectivity index (χ3n) is 4.73. The average molecular weight is 333 g/mol. The average Bonchev–Trinajstić information content (AvgIpc) is 2.89. The number of nitrogens with zero attached hydrogens (tertiary/aromatic N) is 3. The predicted molar refractivity (Wildman–Crippen MR) is 89.5 cm³/mol. The molecule has 0 bridgehead atoms. The van der Waals surface area contributed by atoms with Gasteiger partial charge in [0, 0.05) is 32.2 Å². The summed E-state index contributed by atoms with van der Waals surface area (Å²) in [5, 5.41) is 0. The van der Waals surface area contributed by atoms with Crippen LogP contribution in [-0.4, -0.2) is 75.1 Å². The van der Waals surface area contributed by atoms with Gasteiger partial charge in [0.2, 0.25) is 5.91 Å². The lowest BCUT2D eigenvalue weighted by Gasteiger charge is -2.35. The van der Waals surface area contributed by atoms with Gasteiger partial charge in [0.05, 0.1) is 32.4 Å². The molecule has 7 nitrogen and oxygen atoms in total. The summed E-state index contributed by atoms with van der Waals surface area (Å²) in [5.74, 6) is 0.709. The van der Waals surface area contributed by atoms with E-state index >= 15 is 0 Å². The van der Waals surface area contributed by atoms with E-state index in [1.807, 2.05) is 0 Å². The van der Waals surface area contributed by atoms with E-state index in [2.05, 4.69) is 16.8 Å². The molecular formula is C17H23N3O4. The van der Waals surface area contributed by atoms with Crippen molar-refractivity contribution in [2.24, 2.45) is 0 Å². The van der Waals surface area contributed by atoms with Gasteiger partial charge in [-0.2, -0.15) is 0 Å². The first-order valence-electron chi connectivity index (χ1n) is 8.06. The second-order valence-corrected chi connectivity index (χ2v) is 6.16. The lowest BCUT2D eigenvalue weighted by atomic mass is 10.2. The largest absolute Gasteiger partial charge is 0.497 e. The van der Waals surface area contributed by atoms with Crippen LogP contribution in [0.15, 0.2) is 18.2 Å². The van der Waals surface area contributed by atoms with Crippen molar-refractivity contribution in [2.45, 2.75) is 12.5 Å². The van der Waals surface area contributed by atoms with Crippen LogP contribution >= 0.6 is 0 Å². The van der Waals surface area contributed by atoms with Gasteiger partial charge in [-0.1, -0.05) is 0 Å². The molecule has 0 spiro atoms. The number of ether oxygens (including phenoxy) is 2. The Morgan fingerprint density at radius 3 is 2.38 bits per heavy atom. The van der Waals surface area contributed by atoms with Crippen LogP contribution in [0, 0.1) is 0 Å². The zero-order chi connectivity index (χ0) is 17.3. The van der Waals surface area contributed by atoms with Crippen LogP contribution in [0.5, 0.6) is 11.5 Å². The highest BCUT2D eigenvalue weighted by molar-refractivity contribution is 6.23. The standard InChI is InChI=1S/C17H23N3O4/c1-18-6-8-19(9-7-18)14-11-16(21)20(17(14)22)13-5-4-12(23-2)10-15(13)24-3/h4-5,10,14H,6-9,11H2,1-3H3/t14-/m1/s1. The van der Waals surface area contributed by atoms with Crippen molar-refractivity contribution in [3.8, 4) is 11.5 Å². The smallest absolute Gasteiger partial charge is 0.251 e. The molecular weight excluding hydrogens is 310 g/mol. The molecule has 0 unspecified atom stereocenters. The number of benzene rings is 1. The number of carbonyl (C=O) groups is 2. The van der Waals surface area contributed by atoms with E-state index in [-0.39, 0.29) is 24.3 Å². The van der Waals surface area contributed by atoms with Gasteiger partial charge >= 0.3 is 0 Å². The summed E-state index contributed by atoms with van der Waals surface area (Å²) in [6, 6.07) is 4.72. The minimum absolute atomic E-state index is 0.173. The summed E-state index contributed by atoms with van der Waals surface area (Å²) in [4.78, 5) is 31.0. The molecule has 2 aliphatic heterocycles. The fourth-order valence-electron chi connectivity index (χ4n) is 3.26. The van der Waals surface area contributed by atoms with Crippen LogP contribution in [0.3, 0.4) is 0 Å². The predicted octanol–water partition coefficient (Wildman–Crippen LogP) is 0.583. The monoisotopic (exact) mass is 333 g/mol. The number of rotatable bonds is 4. The first kappa shape index (κ1) is 16.7. The summed E-state index contributed by atoms with van der Waals surface area (Å²) in [7, 11) is 5.14. The molecule has 2 heterocycles. The first-order valence-corrected chi connectivity index (χ1v) is 8.06. The molecule has 0 radical (unpaired) electrons. The maximum absolute atomic E-state index is 12.9. The normalized spacial score (nSPS) is 23.0. The van der Waals surface area contributed by atoms with Gasteiger partial charge in [-0.3, -0.25) is 14.5 Å². The quantitative estimate of drug-likeness (QED) is 0.752. The minimum Gasteiger partial charge on any atom is -0.497 e. The highest BCUT2D eigenvalue weighted by atomic mass is 16.5. The topological polar surface area (TPSA) is 62.3 Å². The molecule has 2 aliphatic rings. The molecule has 0 aliphatic carbocycles. The Morgan fingerprint density at radius 1 is 1.04 bits per heavy atom. The SMILES string of the molecule is COc1ccc(N2C(=O)C[C@@H](N3CCN(C)CC3)C2=O)c(OC)c1. The van der Waals surface area contributed by atoms with Crippen LogP contribution in [0.2, 0.25) is 0 Å². The van der Waals surface area contributed by atoms with Crippen molar-refractivity contribution in [1.82, 2.24) is 9.80 Å². The van der Waals surface area contributed by atoms with E-state index in [1.165, 1.54) is 12.0 Å². The van der Waals surface area contributed by atoms with Crippen molar-refractivity contribution < 1.29 is 19.1 Å². The number of hydrogen-bond donors (Lipinski definition) is 0. The number of imide groups is 1. The molecule has 3 rings (SSSR count). The summed E-state index contributed by atoms with van der Waals surface area (Å²) in [6.45, 7) is 3.41. The molecule has 0 aromatic heterocycles. The summed E-state index contributed by atoms with van der Waals surface area (Å²) < 4.78 is 10.5. The van der Waals surface area contributed by atoms with Gasteiger partial charge in [-0.05, 0) is 19.2 Å². The molecule has 2 saturated heterocycles. The molecule has 2 amide bonds. The van der Waals surface area contributed by atoms with E-state index in [0.717, 1.165) is 26.2 Å². The summed E-state index contributed by atoms with van der Waals surface area (Å²) in [6.07, 6.45) is 0.220. The van der Waals surface area contributed by atoms with E-state index < -0.39 is 0 Å². The highest BCUT2D eigenvalue weighted by Crippen LogP contribution is 2.36. The van der Waals surface area contributed by atoms with E-state index in [9.17, 15) is 9.59 Å². The maximum Gasteiger partial charge on any atom is 0.251 e. The van der Waals surface area contributed by atoms with E-state index in [0.29, 0.717) is 17.2 Å². The first-order chi connectivity index (χ1) is 11.5. The van der Waals surface area contributed by atoms with Crippen molar-refractivity contribution >= 4 is 17.5 Å². The number of hydrogen-bond acceptors (Lipinski definition) is 6. The Bertz CT molecular complexity index is 641. The number of anilines is 1.